The summed E-state index contributed by atoms with van der Waals surface area (Å²) in [5.74, 6) is 1.26. The van der Waals surface area contributed by atoms with E-state index in [1.807, 2.05) is 36.9 Å². The van der Waals surface area contributed by atoms with E-state index < -0.39 is 5.60 Å². The number of nitrogens with zero attached hydrogens (tertiary/aromatic N) is 3. The zero-order chi connectivity index (χ0) is 24.3. The van der Waals surface area contributed by atoms with Crippen molar-refractivity contribution in [2.24, 2.45) is 11.1 Å². The molecule has 34 heavy (non-hydrogen) atoms. The van der Waals surface area contributed by atoms with Gasteiger partial charge in [-0.3, -0.25) is 9.59 Å². The van der Waals surface area contributed by atoms with Crippen LogP contribution >= 0.6 is 0 Å². The van der Waals surface area contributed by atoms with Gasteiger partial charge in [0.05, 0.1) is 24.8 Å². The lowest BCUT2D eigenvalue weighted by Crippen LogP contribution is -2.47. The van der Waals surface area contributed by atoms with Crippen LogP contribution in [0.2, 0.25) is 0 Å². The molecule has 3 aliphatic rings. The van der Waals surface area contributed by atoms with Crippen molar-refractivity contribution in [3.63, 3.8) is 0 Å². The van der Waals surface area contributed by atoms with Crippen LogP contribution in [0, 0.1) is 5.92 Å². The van der Waals surface area contributed by atoms with E-state index in [0.29, 0.717) is 56.2 Å². The fourth-order valence-electron chi connectivity index (χ4n) is 5.22. The van der Waals surface area contributed by atoms with Crippen LogP contribution in [-0.4, -0.2) is 72.3 Å². The number of amides is 2. The average molecular weight is 472 g/mol. The second kappa shape index (κ2) is 10.2. The highest BCUT2D eigenvalue weighted by molar-refractivity contribution is 6.05. The maximum atomic E-state index is 13.4. The Balaban J connectivity index is 1.42. The Bertz CT molecular complexity index is 938. The predicted octanol–water partition coefficient (Wildman–Crippen LogP) is 3.62. The first-order chi connectivity index (χ1) is 16.4. The summed E-state index contributed by atoms with van der Waals surface area (Å²) in [5, 5.41) is 4.29. The molecule has 1 saturated carbocycles. The van der Waals surface area contributed by atoms with Gasteiger partial charge in [-0.2, -0.15) is 0 Å². The van der Waals surface area contributed by atoms with Crippen molar-refractivity contribution in [2.75, 3.05) is 33.3 Å². The molecule has 1 saturated heterocycles. The van der Waals surface area contributed by atoms with Gasteiger partial charge in [0, 0.05) is 38.2 Å². The number of ether oxygens (including phenoxy) is 2. The zero-order valence-electron chi connectivity index (χ0n) is 20.8. The summed E-state index contributed by atoms with van der Waals surface area (Å²) < 4.78 is 11.7. The average Bonchev–Trinajstić information content (AvgIpc) is 3.61. The molecule has 2 atom stereocenters. The SMILES string of the molecule is CCN(CC)C(=O)C1CCN(C(=O)C2(C)CC(c3ccc(OC)c(OC4CCCC4)c3)=NO2)C1. The topological polar surface area (TPSA) is 80.7 Å². The quantitative estimate of drug-likeness (QED) is 0.579. The molecule has 8 nitrogen and oxygen atoms in total. The fourth-order valence-corrected chi connectivity index (χ4v) is 5.22. The monoisotopic (exact) mass is 471 g/mol. The molecule has 0 spiro atoms. The van der Waals surface area contributed by atoms with E-state index in [-0.39, 0.29) is 23.8 Å². The summed E-state index contributed by atoms with van der Waals surface area (Å²) in [7, 11) is 1.64. The molecule has 0 radical (unpaired) electrons. The summed E-state index contributed by atoms with van der Waals surface area (Å²) in [6, 6.07) is 5.74. The summed E-state index contributed by atoms with van der Waals surface area (Å²) in [6.07, 6.45) is 5.74. The second-order valence-electron chi connectivity index (χ2n) is 9.67. The molecule has 4 rings (SSSR count). The van der Waals surface area contributed by atoms with Crippen molar-refractivity contribution in [3.05, 3.63) is 23.8 Å². The highest BCUT2D eigenvalue weighted by Gasteiger charge is 2.47. The Labute approximate surface area is 202 Å². The van der Waals surface area contributed by atoms with E-state index in [2.05, 4.69) is 5.16 Å². The summed E-state index contributed by atoms with van der Waals surface area (Å²) in [5.41, 5.74) is 0.501. The van der Waals surface area contributed by atoms with Crippen molar-refractivity contribution in [1.29, 1.82) is 0 Å². The minimum atomic E-state index is -1.07. The molecule has 2 unspecified atom stereocenters. The number of hydrogen-bond acceptors (Lipinski definition) is 6. The molecular weight excluding hydrogens is 434 g/mol. The molecule has 2 fully saturated rings. The van der Waals surface area contributed by atoms with Crippen LogP contribution in [0.3, 0.4) is 0 Å². The van der Waals surface area contributed by atoms with Crippen molar-refractivity contribution >= 4 is 17.5 Å². The third kappa shape index (κ3) is 4.86. The Hall–Kier alpha value is -2.77. The molecule has 0 bridgehead atoms. The summed E-state index contributed by atoms with van der Waals surface area (Å²) in [6.45, 7) is 8.12. The molecule has 8 heteroatoms. The van der Waals surface area contributed by atoms with Gasteiger partial charge < -0.3 is 24.1 Å². The Morgan fingerprint density at radius 3 is 2.59 bits per heavy atom. The molecule has 1 aromatic rings. The van der Waals surface area contributed by atoms with Gasteiger partial charge in [-0.1, -0.05) is 5.16 Å². The van der Waals surface area contributed by atoms with Crippen LogP contribution in [0.15, 0.2) is 23.4 Å². The minimum Gasteiger partial charge on any atom is -0.493 e. The Kier molecular flexibility index (Phi) is 7.33. The lowest BCUT2D eigenvalue weighted by Gasteiger charge is -2.27. The van der Waals surface area contributed by atoms with Gasteiger partial charge in [-0.05, 0) is 71.1 Å². The molecule has 186 valence electrons. The van der Waals surface area contributed by atoms with Crippen molar-refractivity contribution in [3.8, 4) is 11.5 Å². The van der Waals surface area contributed by atoms with E-state index in [1.165, 1.54) is 12.8 Å². The first-order valence-corrected chi connectivity index (χ1v) is 12.6. The second-order valence-corrected chi connectivity index (χ2v) is 9.67. The maximum Gasteiger partial charge on any atom is 0.269 e. The maximum absolute atomic E-state index is 13.4. The molecule has 0 N–H and O–H groups in total. The number of carbonyl (C=O) groups is 2. The first-order valence-electron chi connectivity index (χ1n) is 12.6. The number of carbonyl (C=O) groups excluding carboxylic acids is 2. The van der Waals surface area contributed by atoms with Crippen LogP contribution in [0.5, 0.6) is 11.5 Å². The van der Waals surface area contributed by atoms with Crippen LogP contribution in [-0.2, 0) is 14.4 Å². The van der Waals surface area contributed by atoms with E-state index in [4.69, 9.17) is 14.3 Å². The Morgan fingerprint density at radius 1 is 1.18 bits per heavy atom. The van der Waals surface area contributed by atoms with Crippen LogP contribution in [0.1, 0.15) is 64.9 Å². The number of benzene rings is 1. The predicted molar refractivity (Wildman–Crippen MR) is 129 cm³/mol. The number of oxime groups is 1. The largest absolute Gasteiger partial charge is 0.493 e. The highest BCUT2D eigenvalue weighted by atomic mass is 16.7. The third-order valence-electron chi connectivity index (χ3n) is 7.31. The van der Waals surface area contributed by atoms with E-state index in [9.17, 15) is 9.59 Å². The van der Waals surface area contributed by atoms with E-state index in [0.717, 1.165) is 18.4 Å². The zero-order valence-corrected chi connectivity index (χ0v) is 20.8. The molecule has 2 heterocycles. The van der Waals surface area contributed by atoms with Gasteiger partial charge in [0.25, 0.3) is 5.91 Å². The first kappa shape index (κ1) is 24.4. The van der Waals surface area contributed by atoms with Crippen LogP contribution in [0.25, 0.3) is 0 Å². The summed E-state index contributed by atoms with van der Waals surface area (Å²) in [4.78, 5) is 35.4. The molecular formula is C26H37N3O5. The molecule has 0 aromatic heterocycles. The normalized spacial score (nSPS) is 24.6. The number of rotatable bonds is 8. The van der Waals surface area contributed by atoms with Gasteiger partial charge in [0.15, 0.2) is 11.5 Å². The lowest BCUT2D eigenvalue weighted by molar-refractivity contribution is -0.152. The van der Waals surface area contributed by atoms with Crippen molar-refractivity contribution in [2.45, 2.75) is 71.0 Å². The molecule has 2 aliphatic heterocycles. The standard InChI is InChI=1S/C26H37N3O5/c1-5-28(6-2)24(30)19-13-14-29(17-19)25(31)26(3)16-21(27-34-26)18-11-12-22(32-4)23(15-18)33-20-9-7-8-10-20/h11-12,15,19-20H,5-10,13-14,16-17H2,1-4H3. The van der Waals surface area contributed by atoms with E-state index in [1.54, 1.807) is 18.9 Å². The smallest absolute Gasteiger partial charge is 0.269 e. The van der Waals surface area contributed by atoms with Crippen molar-refractivity contribution < 1.29 is 23.9 Å². The molecule has 1 aliphatic carbocycles. The van der Waals surface area contributed by atoms with Crippen LogP contribution in [0.4, 0.5) is 0 Å². The van der Waals surface area contributed by atoms with Gasteiger partial charge in [0.1, 0.15) is 0 Å². The van der Waals surface area contributed by atoms with E-state index >= 15 is 0 Å². The summed E-state index contributed by atoms with van der Waals surface area (Å²) >= 11 is 0. The van der Waals surface area contributed by atoms with Gasteiger partial charge >= 0.3 is 0 Å². The third-order valence-corrected chi connectivity index (χ3v) is 7.31. The molecule has 2 amide bonds. The van der Waals surface area contributed by atoms with Gasteiger partial charge in [-0.15, -0.1) is 0 Å². The lowest BCUT2D eigenvalue weighted by atomic mass is 9.94. The van der Waals surface area contributed by atoms with Crippen LogP contribution < -0.4 is 9.47 Å². The molecule has 1 aromatic carbocycles. The number of likely N-dealkylation sites (tertiary alicyclic amines) is 1. The van der Waals surface area contributed by atoms with Gasteiger partial charge in [-0.25, -0.2) is 0 Å². The number of hydrogen-bond donors (Lipinski definition) is 0. The number of methoxy groups -OCH3 is 1. The highest BCUT2D eigenvalue weighted by Crippen LogP contribution is 2.36. The minimum absolute atomic E-state index is 0.114. The van der Waals surface area contributed by atoms with Gasteiger partial charge in [0.2, 0.25) is 11.5 Å². The van der Waals surface area contributed by atoms with Crippen molar-refractivity contribution in [1.82, 2.24) is 9.80 Å². The Morgan fingerprint density at radius 2 is 1.91 bits per heavy atom. The fraction of sp³-hybridized carbons (Fsp3) is 0.654.